The monoisotopic (exact) mass is 451 g/mol. The van der Waals surface area contributed by atoms with Gasteiger partial charge in [0.1, 0.15) is 17.4 Å². The van der Waals surface area contributed by atoms with Crippen LogP contribution in [-0.2, 0) is 17.6 Å². The number of rotatable bonds is 8. The lowest BCUT2D eigenvalue weighted by Gasteiger charge is -2.17. The fourth-order valence-corrected chi connectivity index (χ4v) is 4.01. The van der Waals surface area contributed by atoms with Crippen LogP contribution >= 0.6 is 0 Å². The molecule has 1 atom stereocenters. The molecule has 5 nitrogen and oxygen atoms in total. The van der Waals surface area contributed by atoms with Crippen LogP contribution in [-0.4, -0.2) is 27.4 Å². The molecule has 1 aromatic heterocycles. The molecule has 0 spiro atoms. The van der Waals surface area contributed by atoms with E-state index in [-0.39, 0.29) is 25.0 Å². The molecule has 0 bridgehead atoms. The number of nitrogens with zero attached hydrogens (tertiary/aromatic N) is 1. The second kappa shape index (κ2) is 9.42. The number of hydrogen-bond acceptors (Lipinski definition) is 3. The summed E-state index contributed by atoms with van der Waals surface area (Å²) in [6, 6.07) is 17.8. The highest BCUT2D eigenvalue weighted by atomic mass is 19.1. The van der Waals surface area contributed by atoms with Gasteiger partial charge in [-0.05, 0) is 48.9 Å². The molecule has 4 aromatic rings. The zero-order valence-electron chi connectivity index (χ0n) is 18.0. The molecule has 33 heavy (non-hydrogen) atoms. The Balaban J connectivity index is 1.49. The highest BCUT2D eigenvalue weighted by Crippen LogP contribution is 2.30. The maximum absolute atomic E-state index is 13.7. The lowest BCUT2D eigenvalue weighted by molar-refractivity contribution is -0.136. The molecular weight excluding hydrogens is 428 g/mol. The van der Waals surface area contributed by atoms with E-state index in [1.54, 1.807) is 41.0 Å². The summed E-state index contributed by atoms with van der Waals surface area (Å²) in [5, 5.41) is 21.0. The number of carboxylic acids is 1. The molecule has 170 valence electrons. The van der Waals surface area contributed by atoms with Gasteiger partial charge in [-0.2, -0.15) is 0 Å². The van der Waals surface area contributed by atoms with E-state index < -0.39 is 23.8 Å². The standard InChI is InChI=1S/C26H23F2NO4/c1-16-14-21-18(15-25(30)31)4-2-7-24(21)29(16)26(32)17-8-10-19(11-9-17)33-13-12-20-22(27)5-3-6-23(20)28/h2-11,14,26,32H,12-13,15H2,1H3,(H,30,31). The van der Waals surface area contributed by atoms with Crippen LogP contribution in [0.4, 0.5) is 8.78 Å². The molecule has 1 unspecified atom stereocenters. The maximum Gasteiger partial charge on any atom is 0.307 e. The van der Waals surface area contributed by atoms with Crippen molar-refractivity contribution in [1.29, 1.82) is 0 Å². The Bertz CT molecular complexity index is 1280. The van der Waals surface area contributed by atoms with E-state index in [0.29, 0.717) is 16.9 Å². The summed E-state index contributed by atoms with van der Waals surface area (Å²) >= 11 is 0. The Morgan fingerprint density at radius 1 is 1.03 bits per heavy atom. The molecule has 1 heterocycles. The average molecular weight is 451 g/mol. The zero-order valence-corrected chi connectivity index (χ0v) is 18.0. The second-order valence-electron chi connectivity index (χ2n) is 7.82. The molecule has 2 N–H and O–H groups in total. The highest BCUT2D eigenvalue weighted by molar-refractivity contribution is 5.88. The van der Waals surface area contributed by atoms with E-state index in [1.165, 1.54) is 18.2 Å². The third kappa shape index (κ3) is 4.73. The van der Waals surface area contributed by atoms with E-state index in [1.807, 2.05) is 19.1 Å². The number of halogens is 2. The number of aliphatic hydroxyl groups excluding tert-OH is 1. The molecule has 0 saturated heterocycles. The van der Waals surface area contributed by atoms with E-state index in [4.69, 9.17) is 9.84 Å². The smallest absolute Gasteiger partial charge is 0.307 e. The molecule has 0 aliphatic carbocycles. The number of fused-ring (bicyclic) bond motifs is 1. The fraction of sp³-hybridized carbons (Fsp3) is 0.192. The molecule has 7 heteroatoms. The van der Waals surface area contributed by atoms with E-state index in [0.717, 1.165) is 16.6 Å². The van der Waals surface area contributed by atoms with Gasteiger partial charge in [-0.1, -0.05) is 30.3 Å². The van der Waals surface area contributed by atoms with Crippen molar-refractivity contribution in [3.05, 3.63) is 101 Å². The molecule has 4 rings (SSSR count). The number of carbonyl (C=O) groups is 1. The van der Waals surface area contributed by atoms with Crippen LogP contribution in [0.2, 0.25) is 0 Å². The van der Waals surface area contributed by atoms with Crippen LogP contribution in [0.25, 0.3) is 10.9 Å². The minimum absolute atomic E-state index is 0.0122. The van der Waals surface area contributed by atoms with Crippen molar-refractivity contribution in [3.8, 4) is 5.75 Å². The number of aliphatic carboxylic acids is 1. The van der Waals surface area contributed by atoms with Crippen LogP contribution in [0, 0.1) is 18.6 Å². The minimum Gasteiger partial charge on any atom is -0.493 e. The maximum atomic E-state index is 13.7. The van der Waals surface area contributed by atoms with Gasteiger partial charge in [-0.25, -0.2) is 8.78 Å². The van der Waals surface area contributed by atoms with Gasteiger partial charge < -0.3 is 19.5 Å². The Hall–Kier alpha value is -3.71. The van der Waals surface area contributed by atoms with Gasteiger partial charge in [0, 0.05) is 28.6 Å². The number of aryl methyl sites for hydroxylation is 1. The molecule has 0 aliphatic rings. The number of carboxylic acid groups (broad SMARTS) is 1. The summed E-state index contributed by atoms with van der Waals surface area (Å²) in [6.45, 7) is 1.96. The van der Waals surface area contributed by atoms with Gasteiger partial charge >= 0.3 is 5.97 Å². The third-order valence-corrected chi connectivity index (χ3v) is 5.61. The number of aliphatic hydroxyl groups is 1. The minimum atomic E-state index is -0.982. The van der Waals surface area contributed by atoms with Crippen molar-refractivity contribution >= 4 is 16.9 Å². The predicted molar refractivity (Wildman–Crippen MR) is 120 cm³/mol. The van der Waals surface area contributed by atoms with Crippen molar-refractivity contribution in [1.82, 2.24) is 4.57 Å². The molecule has 0 fully saturated rings. The summed E-state index contributed by atoms with van der Waals surface area (Å²) in [5.41, 5.74) is 2.83. The van der Waals surface area contributed by atoms with Crippen LogP contribution in [0.15, 0.2) is 66.7 Å². The van der Waals surface area contributed by atoms with Crippen LogP contribution in [0.1, 0.15) is 28.6 Å². The van der Waals surface area contributed by atoms with E-state index in [9.17, 15) is 18.7 Å². The first kappa shape index (κ1) is 22.5. The normalized spacial score (nSPS) is 12.1. The third-order valence-electron chi connectivity index (χ3n) is 5.61. The molecule has 3 aromatic carbocycles. The lowest BCUT2D eigenvalue weighted by atomic mass is 10.1. The summed E-state index contributed by atoms with van der Waals surface area (Å²) in [6.07, 6.45) is -0.986. The number of ether oxygens (including phenoxy) is 1. The van der Waals surface area contributed by atoms with Crippen LogP contribution < -0.4 is 4.74 Å². The summed E-state index contributed by atoms with van der Waals surface area (Å²) in [5.74, 6) is -1.60. The Morgan fingerprint density at radius 3 is 2.36 bits per heavy atom. The van der Waals surface area contributed by atoms with Crippen molar-refractivity contribution in [2.24, 2.45) is 0 Å². The average Bonchev–Trinajstić information content (AvgIpc) is 3.12. The Morgan fingerprint density at radius 2 is 1.70 bits per heavy atom. The van der Waals surface area contributed by atoms with Gasteiger partial charge in [-0.3, -0.25) is 4.79 Å². The lowest BCUT2D eigenvalue weighted by Crippen LogP contribution is -2.11. The summed E-state index contributed by atoms with van der Waals surface area (Å²) < 4.78 is 34.8. The van der Waals surface area contributed by atoms with Crippen LogP contribution in [0.5, 0.6) is 5.75 Å². The van der Waals surface area contributed by atoms with Gasteiger partial charge in [0.05, 0.1) is 18.5 Å². The summed E-state index contributed by atoms with van der Waals surface area (Å²) in [4.78, 5) is 11.2. The van der Waals surface area contributed by atoms with Crippen molar-refractivity contribution in [3.63, 3.8) is 0 Å². The van der Waals surface area contributed by atoms with Crippen molar-refractivity contribution in [2.75, 3.05) is 6.61 Å². The number of aromatic nitrogens is 1. The Kier molecular flexibility index (Phi) is 6.42. The van der Waals surface area contributed by atoms with Gasteiger partial charge in [0.15, 0.2) is 6.23 Å². The molecule has 0 saturated carbocycles. The van der Waals surface area contributed by atoms with Gasteiger partial charge in [0.2, 0.25) is 0 Å². The summed E-state index contributed by atoms with van der Waals surface area (Å²) in [7, 11) is 0. The highest BCUT2D eigenvalue weighted by Gasteiger charge is 2.18. The first-order valence-electron chi connectivity index (χ1n) is 10.5. The van der Waals surface area contributed by atoms with Crippen molar-refractivity contribution in [2.45, 2.75) is 26.0 Å². The molecular formula is C26H23F2NO4. The predicted octanol–water partition coefficient (Wildman–Crippen LogP) is 5.02. The quantitative estimate of drug-likeness (QED) is 0.395. The number of benzene rings is 3. The topological polar surface area (TPSA) is 71.7 Å². The largest absolute Gasteiger partial charge is 0.493 e. The fourth-order valence-electron chi connectivity index (χ4n) is 4.01. The van der Waals surface area contributed by atoms with E-state index in [2.05, 4.69) is 0 Å². The van der Waals surface area contributed by atoms with Gasteiger partial charge in [0.25, 0.3) is 0 Å². The Labute approximate surface area is 189 Å². The SMILES string of the molecule is Cc1cc2c(CC(=O)O)cccc2n1C(O)c1ccc(OCCc2c(F)cccc2F)cc1. The van der Waals surface area contributed by atoms with Crippen LogP contribution in [0.3, 0.4) is 0 Å². The molecule has 0 radical (unpaired) electrons. The van der Waals surface area contributed by atoms with Crippen molar-refractivity contribution < 1.29 is 28.5 Å². The molecule has 0 amide bonds. The molecule has 0 aliphatic heterocycles. The first-order chi connectivity index (χ1) is 15.8. The second-order valence-corrected chi connectivity index (χ2v) is 7.82. The zero-order chi connectivity index (χ0) is 23.5. The van der Waals surface area contributed by atoms with E-state index >= 15 is 0 Å². The number of hydrogen-bond donors (Lipinski definition) is 2. The first-order valence-corrected chi connectivity index (χ1v) is 10.5. The van der Waals surface area contributed by atoms with Gasteiger partial charge in [-0.15, -0.1) is 0 Å².